The molecule has 2 heterocycles. The van der Waals surface area contributed by atoms with E-state index in [0.717, 1.165) is 29.0 Å². The molecule has 25 heavy (non-hydrogen) atoms. The molecule has 3 nitrogen and oxygen atoms in total. The maximum atomic E-state index is 4.66. The largest absolute Gasteiger partial charge is 0.338 e. The normalized spacial score (nSPS) is 11.2. The first-order valence-electron chi connectivity index (χ1n) is 9.81. The number of rotatable bonds is 10. The van der Waals surface area contributed by atoms with Crippen LogP contribution in [0, 0.1) is 0 Å². The fourth-order valence-electron chi connectivity index (χ4n) is 3.28. The maximum Gasteiger partial charge on any atom is 0.169 e. The quantitative estimate of drug-likeness (QED) is 0.376. The van der Waals surface area contributed by atoms with E-state index in [-0.39, 0.29) is 0 Å². The van der Waals surface area contributed by atoms with Crippen molar-refractivity contribution in [3.8, 4) is 11.4 Å². The molecule has 1 aromatic carbocycles. The summed E-state index contributed by atoms with van der Waals surface area (Å²) in [5.74, 6) is 0.945. The Morgan fingerprint density at radius 1 is 0.840 bits per heavy atom. The molecular weight excluding hydrogens is 306 g/mol. The molecule has 0 fully saturated rings. The molecule has 132 valence electrons. The van der Waals surface area contributed by atoms with E-state index >= 15 is 0 Å². The van der Waals surface area contributed by atoms with Gasteiger partial charge in [-0.15, -0.1) is 0 Å². The van der Waals surface area contributed by atoms with Crippen molar-refractivity contribution in [1.29, 1.82) is 0 Å². The number of para-hydroxylation sites is 2. The van der Waals surface area contributed by atoms with Gasteiger partial charge in [0.05, 0.1) is 11.0 Å². The molecule has 3 aromatic rings. The number of aromatic amines is 1. The molecule has 0 aliphatic heterocycles. The van der Waals surface area contributed by atoms with Gasteiger partial charge >= 0.3 is 0 Å². The Morgan fingerprint density at radius 3 is 2.24 bits per heavy atom. The SMILES string of the molecule is CCCCCCCCCC[n+]1ccc(-c2nc3ccccc3[nH]2)cc1. The number of H-pyrrole nitrogens is 1. The van der Waals surface area contributed by atoms with E-state index in [0.29, 0.717) is 0 Å². The predicted molar refractivity (Wildman–Crippen MR) is 104 cm³/mol. The lowest BCUT2D eigenvalue weighted by Gasteiger charge is -2.01. The Kier molecular flexibility index (Phi) is 6.61. The third-order valence-electron chi connectivity index (χ3n) is 4.82. The lowest BCUT2D eigenvalue weighted by molar-refractivity contribution is -0.697. The van der Waals surface area contributed by atoms with Crippen molar-refractivity contribution in [3.05, 3.63) is 48.8 Å². The van der Waals surface area contributed by atoms with Crippen LogP contribution in [-0.4, -0.2) is 9.97 Å². The van der Waals surface area contributed by atoms with Gasteiger partial charge in [-0.2, -0.15) is 0 Å². The standard InChI is InChI=1S/C22H29N3/c1-2-3-4-5-6-7-8-11-16-25-17-14-19(15-18-25)22-23-20-12-9-10-13-21(20)24-22/h9-10,12-15,17-18H,2-8,11,16H2,1H3/p+1. The van der Waals surface area contributed by atoms with E-state index < -0.39 is 0 Å². The minimum atomic E-state index is 0.945. The second kappa shape index (κ2) is 9.36. The molecule has 0 radical (unpaired) electrons. The van der Waals surface area contributed by atoms with Crippen molar-refractivity contribution in [2.24, 2.45) is 0 Å². The van der Waals surface area contributed by atoms with Gasteiger partial charge in [0.15, 0.2) is 12.4 Å². The minimum Gasteiger partial charge on any atom is -0.338 e. The molecular formula is C22H30N3+. The van der Waals surface area contributed by atoms with E-state index in [2.05, 4.69) is 52.1 Å². The van der Waals surface area contributed by atoms with E-state index in [4.69, 9.17) is 0 Å². The summed E-state index contributed by atoms with van der Waals surface area (Å²) in [6, 6.07) is 12.5. The highest BCUT2D eigenvalue weighted by Gasteiger charge is 2.07. The van der Waals surface area contributed by atoms with Gasteiger partial charge in [-0.1, -0.05) is 57.6 Å². The number of fused-ring (bicyclic) bond motifs is 1. The number of hydrogen-bond donors (Lipinski definition) is 1. The van der Waals surface area contributed by atoms with Crippen molar-refractivity contribution < 1.29 is 4.57 Å². The van der Waals surface area contributed by atoms with Crippen LogP contribution in [0.2, 0.25) is 0 Å². The lowest BCUT2D eigenvalue weighted by atomic mass is 10.1. The van der Waals surface area contributed by atoms with Crippen LogP contribution in [0.15, 0.2) is 48.8 Å². The molecule has 1 N–H and O–H groups in total. The second-order valence-corrected chi connectivity index (χ2v) is 6.90. The Hall–Kier alpha value is -2.16. The fraction of sp³-hybridized carbons (Fsp3) is 0.455. The monoisotopic (exact) mass is 336 g/mol. The number of nitrogens with zero attached hydrogens (tertiary/aromatic N) is 2. The van der Waals surface area contributed by atoms with Crippen LogP contribution < -0.4 is 4.57 Å². The molecule has 0 atom stereocenters. The number of aromatic nitrogens is 3. The first-order valence-corrected chi connectivity index (χ1v) is 9.81. The topological polar surface area (TPSA) is 32.6 Å². The number of pyridine rings is 1. The average molecular weight is 337 g/mol. The lowest BCUT2D eigenvalue weighted by Crippen LogP contribution is -2.32. The van der Waals surface area contributed by atoms with Crippen LogP contribution in [-0.2, 0) is 6.54 Å². The zero-order chi connectivity index (χ0) is 17.3. The van der Waals surface area contributed by atoms with Crippen LogP contribution >= 0.6 is 0 Å². The molecule has 0 saturated heterocycles. The van der Waals surface area contributed by atoms with Gasteiger partial charge < -0.3 is 4.98 Å². The molecule has 0 spiro atoms. The molecule has 2 aromatic heterocycles. The molecule has 0 saturated carbocycles. The maximum absolute atomic E-state index is 4.66. The zero-order valence-electron chi connectivity index (χ0n) is 15.4. The molecule has 0 bridgehead atoms. The molecule has 0 aliphatic rings. The number of hydrogen-bond acceptors (Lipinski definition) is 1. The van der Waals surface area contributed by atoms with Crippen LogP contribution in [0.3, 0.4) is 0 Å². The van der Waals surface area contributed by atoms with Crippen molar-refractivity contribution in [3.63, 3.8) is 0 Å². The number of imidazole rings is 1. The van der Waals surface area contributed by atoms with Crippen LogP contribution in [0.4, 0.5) is 0 Å². The van der Waals surface area contributed by atoms with Crippen molar-refractivity contribution in [2.75, 3.05) is 0 Å². The highest BCUT2D eigenvalue weighted by molar-refractivity contribution is 5.78. The van der Waals surface area contributed by atoms with Gasteiger partial charge in [-0.3, -0.25) is 0 Å². The third kappa shape index (κ3) is 5.15. The number of benzene rings is 1. The van der Waals surface area contributed by atoms with E-state index in [1.807, 2.05) is 18.2 Å². The highest BCUT2D eigenvalue weighted by Crippen LogP contribution is 2.19. The van der Waals surface area contributed by atoms with Gasteiger partial charge in [0.25, 0.3) is 0 Å². The summed E-state index contributed by atoms with van der Waals surface area (Å²) in [4.78, 5) is 8.06. The smallest absolute Gasteiger partial charge is 0.169 e. The summed E-state index contributed by atoms with van der Waals surface area (Å²) in [6.45, 7) is 3.38. The van der Waals surface area contributed by atoms with E-state index in [1.54, 1.807) is 0 Å². The minimum absolute atomic E-state index is 0.945. The van der Waals surface area contributed by atoms with E-state index in [1.165, 1.54) is 51.4 Å². The van der Waals surface area contributed by atoms with Gasteiger partial charge in [-0.05, 0) is 18.6 Å². The zero-order valence-corrected chi connectivity index (χ0v) is 15.4. The Bertz CT molecular complexity index is 725. The molecule has 3 heteroatoms. The molecule has 0 unspecified atom stereocenters. The van der Waals surface area contributed by atoms with Gasteiger partial charge in [0.2, 0.25) is 0 Å². The summed E-state index contributed by atoms with van der Waals surface area (Å²) in [5, 5.41) is 0. The van der Waals surface area contributed by atoms with Crippen LogP contribution in [0.1, 0.15) is 58.3 Å². The number of nitrogens with one attached hydrogen (secondary N) is 1. The summed E-state index contributed by atoms with van der Waals surface area (Å²) >= 11 is 0. The Labute approximate surface area is 151 Å². The van der Waals surface area contributed by atoms with Crippen molar-refractivity contribution in [1.82, 2.24) is 9.97 Å². The molecule has 0 aliphatic carbocycles. The van der Waals surface area contributed by atoms with Crippen LogP contribution in [0.25, 0.3) is 22.4 Å². The number of unbranched alkanes of at least 4 members (excludes halogenated alkanes) is 7. The summed E-state index contributed by atoms with van der Waals surface area (Å²) in [5.41, 5.74) is 3.25. The van der Waals surface area contributed by atoms with Gasteiger partial charge in [-0.25, -0.2) is 9.55 Å². The third-order valence-corrected chi connectivity index (χ3v) is 4.82. The summed E-state index contributed by atoms with van der Waals surface area (Å²) < 4.78 is 2.28. The number of aryl methyl sites for hydroxylation is 1. The average Bonchev–Trinajstić information content (AvgIpc) is 3.08. The fourth-order valence-corrected chi connectivity index (χ4v) is 3.28. The molecule has 0 amide bonds. The second-order valence-electron chi connectivity index (χ2n) is 6.90. The van der Waals surface area contributed by atoms with E-state index in [9.17, 15) is 0 Å². The Balaban J connectivity index is 1.44. The van der Waals surface area contributed by atoms with Gasteiger partial charge in [0, 0.05) is 24.1 Å². The first kappa shape index (κ1) is 17.7. The Morgan fingerprint density at radius 2 is 1.52 bits per heavy atom. The van der Waals surface area contributed by atoms with Crippen molar-refractivity contribution in [2.45, 2.75) is 64.8 Å². The first-order chi connectivity index (χ1) is 12.4. The highest BCUT2D eigenvalue weighted by atomic mass is 14.9. The predicted octanol–water partition coefficient (Wildman–Crippen LogP) is 5.66. The van der Waals surface area contributed by atoms with Gasteiger partial charge in [0.1, 0.15) is 12.4 Å². The van der Waals surface area contributed by atoms with Crippen LogP contribution in [0.5, 0.6) is 0 Å². The molecule has 3 rings (SSSR count). The summed E-state index contributed by atoms with van der Waals surface area (Å²) in [6.07, 6.45) is 15.3. The summed E-state index contributed by atoms with van der Waals surface area (Å²) in [7, 11) is 0. The van der Waals surface area contributed by atoms with Crippen molar-refractivity contribution >= 4 is 11.0 Å².